The van der Waals surface area contributed by atoms with Crippen LogP contribution in [0.1, 0.15) is 40.3 Å². The predicted molar refractivity (Wildman–Crippen MR) is 85.2 cm³/mol. The fourth-order valence-electron chi connectivity index (χ4n) is 2.61. The topological polar surface area (TPSA) is 108 Å². The van der Waals surface area contributed by atoms with E-state index in [-0.39, 0.29) is 29.3 Å². The Morgan fingerprint density at radius 3 is 2.48 bits per heavy atom. The summed E-state index contributed by atoms with van der Waals surface area (Å²) in [5.74, 6) is -1.11. The van der Waals surface area contributed by atoms with Crippen LogP contribution in [0, 0.1) is 5.92 Å². The highest BCUT2D eigenvalue weighted by Crippen LogP contribution is 2.35. The Hall–Kier alpha value is -3.24. The molecule has 0 spiro atoms. The summed E-state index contributed by atoms with van der Waals surface area (Å²) in [6.45, 7) is 3.84. The van der Waals surface area contributed by atoms with Crippen LogP contribution in [0.2, 0.25) is 0 Å². The first-order chi connectivity index (χ1) is 12.6. The summed E-state index contributed by atoms with van der Waals surface area (Å²) in [6.07, 6.45) is -4.90. The lowest BCUT2D eigenvalue weighted by Gasteiger charge is -2.15. The van der Waals surface area contributed by atoms with Gasteiger partial charge in [-0.05, 0) is 18.1 Å². The number of alkyl halides is 3. The molecule has 1 aliphatic rings. The van der Waals surface area contributed by atoms with Gasteiger partial charge in [0.05, 0.1) is 16.8 Å². The molecular weight excluding hydrogens is 369 g/mol. The van der Waals surface area contributed by atoms with E-state index in [1.807, 2.05) is 13.8 Å². The molecule has 0 fully saturated rings. The van der Waals surface area contributed by atoms with Crippen LogP contribution in [0.25, 0.3) is 0 Å². The number of H-pyrrole nitrogens is 1. The van der Waals surface area contributed by atoms with Crippen LogP contribution < -0.4 is 5.63 Å². The third-order valence-corrected chi connectivity index (χ3v) is 3.74. The third kappa shape index (κ3) is 3.27. The maximum absolute atomic E-state index is 12.9. The van der Waals surface area contributed by atoms with Crippen LogP contribution in [-0.4, -0.2) is 28.4 Å². The van der Waals surface area contributed by atoms with Gasteiger partial charge in [0.1, 0.15) is 0 Å². The Morgan fingerprint density at radius 2 is 1.85 bits per heavy atom. The van der Waals surface area contributed by atoms with Crippen molar-refractivity contribution in [1.82, 2.24) is 10.1 Å². The van der Waals surface area contributed by atoms with E-state index < -0.39 is 35.0 Å². The average molecular weight is 382 g/mol. The second-order valence-corrected chi connectivity index (χ2v) is 6.23. The molecule has 0 unspecified atom stereocenters. The standard InChI is InChI=1S/C16H13F3N4O4/c1-7(2)6-23-13(24)8-4-3-5-9(10(8)14(23)25)20-21-11-12(16(17,18)19)22-27-15(11)26/h3-5,7,22H,6H2,1-2H3. The van der Waals surface area contributed by atoms with Gasteiger partial charge >= 0.3 is 11.8 Å². The molecular formula is C16H13F3N4O4. The third-order valence-electron chi connectivity index (χ3n) is 3.74. The number of halogens is 3. The van der Waals surface area contributed by atoms with Crippen molar-refractivity contribution >= 4 is 23.2 Å². The first kappa shape index (κ1) is 18.5. The molecule has 8 nitrogen and oxygen atoms in total. The highest BCUT2D eigenvalue weighted by molar-refractivity contribution is 6.23. The summed E-state index contributed by atoms with van der Waals surface area (Å²) < 4.78 is 42.7. The normalized spacial score (nSPS) is 14.7. The SMILES string of the molecule is CC(C)CN1C(=O)c2cccc(N=Nc3c(C(F)(F)F)[nH]oc3=O)c2C1=O. The van der Waals surface area contributed by atoms with E-state index in [0.717, 1.165) is 4.90 Å². The van der Waals surface area contributed by atoms with Crippen LogP contribution in [-0.2, 0) is 6.18 Å². The number of nitrogens with zero attached hydrogens (tertiary/aromatic N) is 3. The molecule has 0 radical (unpaired) electrons. The molecule has 0 saturated heterocycles. The van der Waals surface area contributed by atoms with E-state index in [2.05, 4.69) is 14.8 Å². The number of imide groups is 1. The van der Waals surface area contributed by atoms with Crippen LogP contribution in [0.4, 0.5) is 24.5 Å². The lowest BCUT2D eigenvalue weighted by Crippen LogP contribution is -2.33. The van der Waals surface area contributed by atoms with Gasteiger partial charge in [-0.25, -0.2) is 9.95 Å². The molecule has 1 aliphatic heterocycles. The van der Waals surface area contributed by atoms with E-state index in [1.54, 1.807) is 0 Å². The van der Waals surface area contributed by atoms with Gasteiger partial charge in [-0.2, -0.15) is 13.2 Å². The van der Waals surface area contributed by atoms with E-state index >= 15 is 0 Å². The van der Waals surface area contributed by atoms with Gasteiger partial charge in [0.15, 0.2) is 5.69 Å². The molecule has 27 heavy (non-hydrogen) atoms. The van der Waals surface area contributed by atoms with Gasteiger partial charge in [0.2, 0.25) is 5.69 Å². The minimum Gasteiger partial charge on any atom is -0.336 e. The number of hydrogen-bond donors (Lipinski definition) is 1. The first-order valence-corrected chi connectivity index (χ1v) is 7.81. The number of aromatic nitrogens is 1. The fraction of sp³-hybridized carbons (Fsp3) is 0.312. The molecule has 3 rings (SSSR count). The molecule has 2 heterocycles. The Kier molecular flexibility index (Phi) is 4.46. The van der Waals surface area contributed by atoms with Gasteiger partial charge in [-0.15, -0.1) is 10.2 Å². The number of carbonyl (C=O) groups excluding carboxylic acids is 2. The minimum absolute atomic E-state index is 0.0242. The van der Waals surface area contributed by atoms with Crippen molar-refractivity contribution in [1.29, 1.82) is 0 Å². The molecule has 2 aromatic rings. The van der Waals surface area contributed by atoms with Crippen molar-refractivity contribution in [2.45, 2.75) is 20.0 Å². The zero-order valence-corrected chi connectivity index (χ0v) is 14.1. The van der Waals surface area contributed by atoms with E-state index in [0.29, 0.717) is 0 Å². The lowest BCUT2D eigenvalue weighted by molar-refractivity contribution is -0.142. The quantitative estimate of drug-likeness (QED) is 0.643. The van der Waals surface area contributed by atoms with E-state index in [1.165, 1.54) is 23.4 Å². The number of hydrogen-bond acceptors (Lipinski definition) is 6. The van der Waals surface area contributed by atoms with Crippen LogP contribution >= 0.6 is 0 Å². The van der Waals surface area contributed by atoms with Gasteiger partial charge in [0, 0.05) is 6.54 Å². The van der Waals surface area contributed by atoms with Crippen LogP contribution in [0.5, 0.6) is 0 Å². The van der Waals surface area contributed by atoms with Gasteiger partial charge in [0.25, 0.3) is 11.8 Å². The smallest absolute Gasteiger partial charge is 0.336 e. The van der Waals surface area contributed by atoms with Crippen molar-refractivity contribution < 1.29 is 27.3 Å². The van der Waals surface area contributed by atoms with Gasteiger partial charge in [-0.1, -0.05) is 19.9 Å². The van der Waals surface area contributed by atoms with E-state index in [9.17, 15) is 27.6 Å². The maximum Gasteiger partial charge on any atom is 0.436 e. The Labute approximate surface area is 149 Å². The lowest BCUT2D eigenvalue weighted by atomic mass is 10.1. The average Bonchev–Trinajstić information content (AvgIpc) is 3.06. The van der Waals surface area contributed by atoms with Crippen LogP contribution in [0.3, 0.4) is 0 Å². The Morgan fingerprint density at radius 1 is 1.15 bits per heavy atom. The summed E-state index contributed by atoms with van der Waals surface area (Å²) in [6, 6.07) is 4.15. The van der Waals surface area contributed by atoms with Crippen molar-refractivity contribution in [3.63, 3.8) is 0 Å². The molecule has 2 amide bonds. The number of azo groups is 1. The molecule has 1 aromatic heterocycles. The molecule has 142 valence electrons. The summed E-state index contributed by atoms with van der Waals surface area (Å²) in [4.78, 5) is 37.4. The van der Waals surface area contributed by atoms with Crippen molar-refractivity contribution in [3.05, 3.63) is 45.4 Å². The molecule has 0 bridgehead atoms. The minimum atomic E-state index is -4.90. The summed E-state index contributed by atoms with van der Waals surface area (Å²) in [7, 11) is 0. The zero-order valence-electron chi connectivity index (χ0n) is 14.1. The van der Waals surface area contributed by atoms with Gasteiger partial charge in [-0.3, -0.25) is 14.5 Å². The highest BCUT2D eigenvalue weighted by atomic mass is 19.4. The number of fused-ring (bicyclic) bond motifs is 1. The van der Waals surface area contributed by atoms with Crippen molar-refractivity contribution in [2.24, 2.45) is 16.1 Å². The molecule has 1 N–H and O–H groups in total. The molecule has 1 aromatic carbocycles. The zero-order chi connectivity index (χ0) is 19.9. The number of aromatic amines is 1. The van der Waals surface area contributed by atoms with Gasteiger partial charge < -0.3 is 4.52 Å². The van der Waals surface area contributed by atoms with Crippen molar-refractivity contribution in [3.8, 4) is 0 Å². The summed E-state index contributed by atoms with van der Waals surface area (Å²) in [5.41, 5.74) is -4.04. The monoisotopic (exact) mass is 382 g/mol. The largest absolute Gasteiger partial charge is 0.436 e. The summed E-state index contributed by atoms with van der Waals surface area (Å²) >= 11 is 0. The number of benzene rings is 1. The Bertz CT molecular complexity index is 1000. The first-order valence-electron chi connectivity index (χ1n) is 7.81. The van der Waals surface area contributed by atoms with Crippen LogP contribution in [0.15, 0.2) is 37.7 Å². The molecule has 0 aliphatic carbocycles. The number of amides is 2. The predicted octanol–water partition coefficient (Wildman–Crippen LogP) is 3.65. The highest BCUT2D eigenvalue weighted by Gasteiger charge is 2.39. The van der Waals surface area contributed by atoms with Crippen molar-refractivity contribution in [2.75, 3.05) is 6.54 Å². The fourth-order valence-corrected chi connectivity index (χ4v) is 2.61. The summed E-state index contributed by atoms with van der Waals surface area (Å²) in [5, 5.41) is 8.36. The number of carbonyl (C=O) groups is 2. The number of rotatable bonds is 4. The second kappa shape index (κ2) is 6.49. The molecule has 11 heteroatoms. The maximum atomic E-state index is 12.9. The molecule has 0 atom stereocenters. The van der Waals surface area contributed by atoms with E-state index in [4.69, 9.17) is 0 Å². The second-order valence-electron chi connectivity index (χ2n) is 6.23. The Balaban J connectivity index is 2.03. The number of nitrogens with one attached hydrogen (secondary N) is 1. The molecule has 0 saturated carbocycles.